The molecule has 0 fully saturated rings. The van der Waals surface area contributed by atoms with Crippen molar-refractivity contribution in [2.45, 2.75) is 0 Å². The Morgan fingerprint density at radius 3 is 2.42 bits per heavy atom. The Morgan fingerprint density at radius 1 is 1.33 bits per heavy atom. The zero-order valence-electron chi connectivity index (χ0n) is 6.19. The first kappa shape index (κ1) is 8.39. The van der Waals surface area contributed by atoms with Crippen LogP contribution in [0.5, 0.6) is 5.75 Å². The second-order valence-electron chi connectivity index (χ2n) is 2.19. The van der Waals surface area contributed by atoms with Crippen LogP contribution in [0.1, 0.15) is 5.56 Å². The van der Waals surface area contributed by atoms with Crippen molar-refractivity contribution in [2.24, 2.45) is 0 Å². The lowest BCUT2D eigenvalue weighted by Gasteiger charge is -1.99. The van der Waals surface area contributed by atoms with Gasteiger partial charge in [0.05, 0.1) is 6.54 Å². The third kappa shape index (κ3) is 2.49. The molecule has 0 aromatic heterocycles. The first-order chi connectivity index (χ1) is 5.68. The van der Waals surface area contributed by atoms with Crippen molar-refractivity contribution in [3.63, 3.8) is 0 Å². The molecular weight excluding hydrogens is 158 g/mol. The summed E-state index contributed by atoms with van der Waals surface area (Å²) in [6.07, 6.45) is -1.11. The molecule has 63 valence electrons. The molecule has 4 heteroatoms. The van der Waals surface area contributed by atoms with Gasteiger partial charge in [0.15, 0.2) is 0 Å². The Hall–Kier alpha value is -1.71. The minimum Gasteiger partial charge on any atom is -0.508 e. The lowest BCUT2D eigenvalue weighted by atomic mass is 10.2. The molecule has 4 nitrogen and oxygen atoms in total. The van der Waals surface area contributed by atoms with E-state index >= 15 is 0 Å². The van der Waals surface area contributed by atoms with Gasteiger partial charge < -0.3 is 15.5 Å². The summed E-state index contributed by atoms with van der Waals surface area (Å²) in [4.78, 5) is 10.0. The highest BCUT2D eigenvalue weighted by Gasteiger charge is 1.96. The first-order valence-corrected chi connectivity index (χ1v) is 3.30. The smallest absolute Gasteiger partial charge is 0.405 e. The lowest BCUT2D eigenvalue weighted by Crippen LogP contribution is -2.17. The van der Waals surface area contributed by atoms with Gasteiger partial charge >= 0.3 is 6.09 Å². The van der Waals surface area contributed by atoms with E-state index in [9.17, 15) is 4.79 Å². The minimum absolute atomic E-state index is 0.155. The number of phenols is 1. The first-order valence-electron chi connectivity index (χ1n) is 3.30. The highest BCUT2D eigenvalue weighted by Crippen LogP contribution is 2.09. The number of benzene rings is 1. The molecular formula is C8H8NO3. The van der Waals surface area contributed by atoms with Crippen LogP contribution in [0.25, 0.3) is 0 Å². The molecule has 3 N–H and O–H groups in total. The zero-order chi connectivity index (χ0) is 8.97. The molecule has 1 rings (SSSR count). The molecule has 0 unspecified atom stereocenters. The maximum atomic E-state index is 10.0. The highest BCUT2D eigenvalue weighted by molar-refractivity contribution is 5.66. The second-order valence-corrected chi connectivity index (χ2v) is 2.19. The van der Waals surface area contributed by atoms with Gasteiger partial charge in [-0.25, -0.2) is 4.79 Å². The van der Waals surface area contributed by atoms with Gasteiger partial charge in [0.1, 0.15) is 5.75 Å². The Kier molecular flexibility index (Phi) is 2.53. The molecule has 0 aliphatic carbocycles. The average Bonchev–Trinajstić information content (AvgIpc) is 2.03. The highest BCUT2D eigenvalue weighted by atomic mass is 16.4. The van der Waals surface area contributed by atoms with E-state index in [2.05, 4.69) is 5.32 Å². The molecule has 1 radical (unpaired) electrons. The fraction of sp³-hybridized carbons (Fsp3) is 0. The Labute approximate surface area is 69.5 Å². The fourth-order valence-corrected chi connectivity index (χ4v) is 0.716. The quantitative estimate of drug-likeness (QED) is 0.617. The van der Waals surface area contributed by atoms with Crippen molar-refractivity contribution in [1.82, 2.24) is 5.32 Å². The van der Waals surface area contributed by atoms with Crippen LogP contribution in [-0.4, -0.2) is 16.3 Å². The number of carboxylic acid groups (broad SMARTS) is 1. The summed E-state index contributed by atoms with van der Waals surface area (Å²) in [7, 11) is 0. The minimum atomic E-state index is -1.11. The van der Waals surface area contributed by atoms with Gasteiger partial charge in [-0.2, -0.15) is 0 Å². The number of hydrogen-bond donors (Lipinski definition) is 3. The molecule has 0 spiro atoms. The summed E-state index contributed by atoms with van der Waals surface area (Å²) in [5.74, 6) is 0.155. The Balaban J connectivity index is 2.53. The fourth-order valence-electron chi connectivity index (χ4n) is 0.716. The summed E-state index contributed by atoms with van der Waals surface area (Å²) in [5, 5.41) is 19.2. The number of amides is 1. The Bertz CT molecular complexity index is 268. The van der Waals surface area contributed by atoms with E-state index < -0.39 is 6.09 Å². The number of hydrogen-bond acceptors (Lipinski definition) is 2. The van der Waals surface area contributed by atoms with Crippen molar-refractivity contribution in [2.75, 3.05) is 0 Å². The van der Waals surface area contributed by atoms with Crippen LogP contribution < -0.4 is 5.32 Å². The van der Waals surface area contributed by atoms with E-state index in [1.165, 1.54) is 18.7 Å². The predicted molar refractivity (Wildman–Crippen MR) is 42.7 cm³/mol. The van der Waals surface area contributed by atoms with Crippen molar-refractivity contribution >= 4 is 6.09 Å². The number of carbonyl (C=O) groups is 1. The van der Waals surface area contributed by atoms with Crippen LogP contribution in [0.15, 0.2) is 24.3 Å². The molecule has 0 bridgehead atoms. The summed E-state index contributed by atoms with van der Waals surface area (Å²) < 4.78 is 0. The van der Waals surface area contributed by atoms with Crippen molar-refractivity contribution < 1.29 is 15.0 Å². The average molecular weight is 166 g/mol. The molecule has 0 atom stereocenters. The van der Waals surface area contributed by atoms with Gasteiger partial charge in [0, 0.05) is 0 Å². The standard InChI is InChI=1S/C8H8NO3/c10-7-3-1-6(2-4-7)5-9-8(11)12/h1-5,9-10H,(H,11,12). The van der Waals surface area contributed by atoms with Crippen LogP contribution in [0.4, 0.5) is 4.79 Å². The molecule has 1 aromatic rings. The van der Waals surface area contributed by atoms with Crippen LogP contribution in [-0.2, 0) is 0 Å². The number of rotatable bonds is 2. The van der Waals surface area contributed by atoms with Crippen LogP contribution in [0.3, 0.4) is 0 Å². The topological polar surface area (TPSA) is 69.6 Å². The Morgan fingerprint density at radius 2 is 1.92 bits per heavy atom. The summed E-state index contributed by atoms with van der Waals surface area (Å²) in [6.45, 7) is 1.34. The van der Waals surface area contributed by atoms with Gasteiger partial charge in [0.2, 0.25) is 0 Å². The summed E-state index contributed by atoms with van der Waals surface area (Å²) >= 11 is 0. The SMILES string of the molecule is O=C(O)N[CH]c1ccc(O)cc1. The van der Waals surface area contributed by atoms with E-state index in [4.69, 9.17) is 10.2 Å². The third-order valence-corrected chi connectivity index (χ3v) is 1.26. The van der Waals surface area contributed by atoms with E-state index in [0.29, 0.717) is 5.56 Å². The number of nitrogens with one attached hydrogen (secondary N) is 1. The molecule has 0 aliphatic rings. The van der Waals surface area contributed by atoms with Gasteiger partial charge in [-0.15, -0.1) is 0 Å². The van der Waals surface area contributed by atoms with Crippen LogP contribution in [0, 0.1) is 6.54 Å². The summed E-state index contributed by atoms with van der Waals surface area (Å²) in [6, 6.07) is 6.17. The zero-order valence-corrected chi connectivity index (χ0v) is 6.19. The number of phenolic OH excluding ortho intramolecular Hbond substituents is 1. The van der Waals surface area contributed by atoms with Gasteiger partial charge in [-0.3, -0.25) is 0 Å². The predicted octanol–water partition coefficient (Wildman–Crippen LogP) is 1.17. The van der Waals surface area contributed by atoms with Crippen LogP contribution >= 0.6 is 0 Å². The molecule has 1 amide bonds. The lowest BCUT2D eigenvalue weighted by molar-refractivity contribution is 0.197. The molecule has 12 heavy (non-hydrogen) atoms. The molecule has 0 aliphatic heterocycles. The summed E-state index contributed by atoms with van der Waals surface area (Å²) in [5.41, 5.74) is 0.690. The second kappa shape index (κ2) is 3.61. The van der Waals surface area contributed by atoms with Gasteiger partial charge in [-0.05, 0) is 17.7 Å². The maximum absolute atomic E-state index is 10.0. The molecule has 0 saturated carbocycles. The van der Waals surface area contributed by atoms with Crippen LogP contribution in [0.2, 0.25) is 0 Å². The van der Waals surface area contributed by atoms with Crippen molar-refractivity contribution in [3.05, 3.63) is 36.4 Å². The normalized spacial score (nSPS) is 9.33. The van der Waals surface area contributed by atoms with Crippen molar-refractivity contribution in [3.8, 4) is 5.75 Å². The van der Waals surface area contributed by atoms with Crippen molar-refractivity contribution in [1.29, 1.82) is 0 Å². The van der Waals surface area contributed by atoms with E-state index in [1.54, 1.807) is 12.1 Å². The maximum Gasteiger partial charge on any atom is 0.405 e. The monoisotopic (exact) mass is 166 g/mol. The van der Waals surface area contributed by atoms with E-state index in [1.807, 2.05) is 0 Å². The largest absolute Gasteiger partial charge is 0.508 e. The van der Waals surface area contributed by atoms with E-state index in [-0.39, 0.29) is 5.75 Å². The molecule has 0 heterocycles. The number of aromatic hydroxyl groups is 1. The third-order valence-electron chi connectivity index (χ3n) is 1.26. The van der Waals surface area contributed by atoms with Gasteiger partial charge in [0.25, 0.3) is 0 Å². The molecule has 0 saturated heterocycles. The van der Waals surface area contributed by atoms with E-state index in [0.717, 1.165) is 0 Å². The molecule has 1 aromatic carbocycles. The van der Waals surface area contributed by atoms with Gasteiger partial charge in [-0.1, -0.05) is 12.1 Å².